The second-order valence-electron chi connectivity index (χ2n) is 3.92. The summed E-state index contributed by atoms with van der Waals surface area (Å²) in [6, 6.07) is 9.37. The summed E-state index contributed by atoms with van der Waals surface area (Å²) in [5, 5.41) is 0.917. The molecule has 0 amide bonds. The van der Waals surface area contributed by atoms with Crippen LogP contribution in [0.15, 0.2) is 36.4 Å². The van der Waals surface area contributed by atoms with Crippen molar-refractivity contribution in [2.24, 2.45) is 0 Å². The van der Waals surface area contributed by atoms with Gasteiger partial charge in [0.05, 0.1) is 10.9 Å². The highest BCUT2D eigenvalue weighted by Gasteiger charge is 2.10. The van der Waals surface area contributed by atoms with E-state index in [1.54, 1.807) is 24.3 Å². The Bertz CT molecular complexity index is 570. The average Bonchev–Trinajstić information content (AvgIpc) is 2.39. The minimum atomic E-state index is -0.283. The van der Waals surface area contributed by atoms with Crippen LogP contribution in [0, 0.1) is 5.82 Å². The lowest BCUT2D eigenvalue weighted by Gasteiger charge is -2.12. The molecule has 2 aromatic carbocycles. The van der Waals surface area contributed by atoms with Gasteiger partial charge in [0.2, 0.25) is 0 Å². The zero-order chi connectivity index (χ0) is 13.8. The van der Waals surface area contributed by atoms with E-state index < -0.39 is 0 Å². The second-order valence-corrected chi connectivity index (χ2v) is 5.04. The van der Waals surface area contributed by atoms with Crippen LogP contribution in [-0.4, -0.2) is 0 Å². The Morgan fingerprint density at radius 1 is 1.05 bits per heavy atom. The summed E-state index contributed by atoms with van der Waals surface area (Å²) in [5.41, 5.74) is 1.56. The van der Waals surface area contributed by atoms with Crippen LogP contribution in [-0.2, 0) is 12.5 Å². The second kappa shape index (κ2) is 6.47. The van der Waals surface area contributed by atoms with Gasteiger partial charge in [0.1, 0.15) is 18.2 Å². The van der Waals surface area contributed by atoms with Gasteiger partial charge < -0.3 is 4.74 Å². The molecule has 2 rings (SSSR count). The van der Waals surface area contributed by atoms with Gasteiger partial charge in [-0.25, -0.2) is 4.39 Å². The van der Waals surface area contributed by atoms with Crippen LogP contribution >= 0.6 is 34.8 Å². The van der Waals surface area contributed by atoms with Crippen molar-refractivity contribution in [3.8, 4) is 5.75 Å². The van der Waals surface area contributed by atoms with Crippen molar-refractivity contribution in [3.63, 3.8) is 0 Å². The van der Waals surface area contributed by atoms with E-state index in [1.807, 2.05) is 0 Å². The van der Waals surface area contributed by atoms with E-state index in [0.717, 1.165) is 11.1 Å². The zero-order valence-corrected chi connectivity index (χ0v) is 12.1. The van der Waals surface area contributed by atoms with Crippen LogP contribution in [0.4, 0.5) is 4.39 Å². The van der Waals surface area contributed by atoms with Crippen LogP contribution < -0.4 is 4.74 Å². The molecule has 2 aromatic rings. The number of benzene rings is 2. The van der Waals surface area contributed by atoms with Gasteiger partial charge in [0, 0.05) is 10.6 Å². The molecule has 0 saturated carbocycles. The minimum Gasteiger partial charge on any atom is -0.487 e. The maximum Gasteiger partial charge on any atom is 0.142 e. The summed E-state index contributed by atoms with van der Waals surface area (Å²) in [4.78, 5) is 0. The SMILES string of the molecule is Fc1ccc(COc2c(Cl)cc(Cl)cc2CCl)cc1. The predicted octanol–water partition coefficient (Wildman–Crippen LogP) is 5.45. The van der Waals surface area contributed by atoms with E-state index in [1.165, 1.54) is 12.1 Å². The smallest absolute Gasteiger partial charge is 0.142 e. The summed E-state index contributed by atoms with van der Waals surface area (Å²) in [6.45, 7) is 0.283. The Hall–Kier alpha value is -0.960. The third-order valence-electron chi connectivity index (χ3n) is 2.53. The fourth-order valence-electron chi connectivity index (χ4n) is 1.61. The van der Waals surface area contributed by atoms with Crippen LogP contribution in [0.1, 0.15) is 11.1 Å². The Morgan fingerprint density at radius 2 is 1.74 bits per heavy atom. The van der Waals surface area contributed by atoms with Gasteiger partial charge in [-0.15, -0.1) is 11.6 Å². The maximum atomic E-state index is 12.8. The van der Waals surface area contributed by atoms with Crippen molar-refractivity contribution < 1.29 is 9.13 Å². The molecule has 0 atom stereocenters. The third kappa shape index (κ3) is 3.75. The van der Waals surface area contributed by atoms with Crippen molar-refractivity contribution in [1.82, 2.24) is 0 Å². The van der Waals surface area contributed by atoms with Gasteiger partial charge >= 0.3 is 0 Å². The van der Waals surface area contributed by atoms with Gasteiger partial charge in [0.25, 0.3) is 0 Å². The van der Waals surface area contributed by atoms with E-state index >= 15 is 0 Å². The van der Waals surface area contributed by atoms with E-state index in [9.17, 15) is 4.39 Å². The molecule has 100 valence electrons. The van der Waals surface area contributed by atoms with Crippen molar-refractivity contribution in [1.29, 1.82) is 0 Å². The molecule has 0 aromatic heterocycles. The number of ether oxygens (including phenoxy) is 1. The minimum absolute atomic E-state index is 0.249. The molecular weight excluding hydrogens is 310 g/mol. The zero-order valence-electron chi connectivity index (χ0n) is 9.80. The highest BCUT2D eigenvalue weighted by atomic mass is 35.5. The molecule has 0 radical (unpaired) electrons. The first-order valence-electron chi connectivity index (χ1n) is 5.51. The van der Waals surface area contributed by atoms with E-state index in [0.29, 0.717) is 15.8 Å². The first-order valence-corrected chi connectivity index (χ1v) is 6.80. The molecule has 1 nitrogen and oxygen atoms in total. The molecular formula is C14H10Cl3FO. The third-order valence-corrected chi connectivity index (χ3v) is 3.31. The summed E-state index contributed by atoms with van der Waals surface area (Å²) < 4.78 is 18.4. The highest BCUT2D eigenvalue weighted by molar-refractivity contribution is 6.36. The highest BCUT2D eigenvalue weighted by Crippen LogP contribution is 2.33. The van der Waals surface area contributed by atoms with Crippen LogP contribution in [0.5, 0.6) is 5.75 Å². The van der Waals surface area contributed by atoms with Gasteiger partial charge in [-0.3, -0.25) is 0 Å². The van der Waals surface area contributed by atoms with Gasteiger partial charge in [0.15, 0.2) is 0 Å². The molecule has 19 heavy (non-hydrogen) atoms. The fraction of sp³-hybridized carbons (Fsp3) is 0.143. The summed E-state index contributed by atoms with van der Waals surface area (Å²) in [5.74, 6) is 0.471. The summed E-state index contributed by atoms with van der Waals surface area (Å²) in [6.07, 6.45) is 0. The predicted molar refractivity (Wildman–Crippen MR) is 76.8 cm³/mol. The molecule has 0 bridgehead atoms. The molecule has 0 fully saturated rings. The normalized spacial score (nSPS) is 10.5. The molecule has 0 heterocycles. The Balaban J connectivity index is 2.17. The molecule has 0 N–H and O–H groups in total. The van der Waals surface area contributed by atoms with Gasteiger partial charge in [-0.2, -0.15) is 0 Å². The van der Waals surface area contributed by atoms with Gasteiger partial charge in [-0.1, -0.05) is 35.3 Å². The monoisotopic (exact) mass is 318 g/mol. The quantitative estimate of drug-likeness (QED) is 0.681. The lowest BCUT2D eigenvalue weighted by Crippen LogP contribution is -1.99. The maximum absolute atomic E-state index is 12.8. The molecule has 0 unspecified atom stereocenters. The van der Waals surface area contributed by atoms with E-state index in [4.69, 9.17) is 39.5 Å². The van der Waals surface area contributed by atoms with E-state index in [-0.39, 0.29) is 18.3 Å². The summed E-state index contributed by atoms with van der Waals surface area (Å²) in [7, 11) is 0. The van der Waals surface area contributed by atoms with Crippen molar-refractivity contribution in [2.45, 2.75) is 12.5 Å². The first kappa shape index (κ1) is 14.4. The van der Waals surface area contributed by atoms with Crippen LogP contribution in [0.3, 0.4) is 0 Å². The first-order chi connectivity index (χ1) is 9.10. The summed E-state index contributed by atoms with van der Waals surface area (Å²) >= 11 is 17.8. The Labute approximate surface area is 125 Å². The molecule has 0 aliphatic carbocycles. The number of rotatable bonds is 4. The lowest BCUT2D eigenvalue weighted by molar-refractivity contribution is 0.304. The van der Waals surface area contributed by atoms with Crippen molar-refractivity contribution >= 4 is 34.8 Å². The molecule has 0 aliphatic rings. The topological polar surface area (TPSA) is 9.23 Å². The average molecular weight is 320 g/mol. The molecule has 5 heteroatoms. The molecule has 0 aliphatic heterocycles. The van der Waals surface area contributed by atoms with Gasteiger partial charge in [-0.05, 0) is 29.8 Å². The standard InChI is InChI=1S/C14H10Cl3FO/c15-7-10-5-11(16)6-13(17)14(10)19-8-9-1-3-12(18)4-2-9/h1-6H,7-8H2. The Kier molecular flexibility index (Phi) is 4.92. The molecule has 0 saturated heterocycles. The number of hydrogen-bond donors (Lipinski definition) is 0. The van der Waals surface area contributed by atoms with Crippen molar-refractivity contribution in [2.75, 3.05) is 0 Å². The van der Waals surface area contributed by atoms with Crippen molar-refractivity contribution in [3.05, 3.63) is 63.4 Å². The number of hydrogen-bond acceptors (Lipinski definition) is 1. The largest absolute Gasteiger partial charge is 0.487 e. The lowest BCUT2D eigenvalue weighted by atomic mass is 10.2. The number of halogens is 4. The fourth-order valence-corrected chi connectivity index (χ4v) is 2.40. The number of alkyl halides is 1. The molecule has 0 spiro atoms. The van der Waals surface area contributed by atoms with Crippen LogP contribution in [0.2, 0.25) is 10.0 Å². The van der Waals surface area contributed by atoms with E-state index in [2.05, 4.69) is 0 Å². The Morgan fingerprint density at radius 3 is 2.37 bits per heavy atom. The van der Waals surface area contributed by atoms with Crippen LogP contribution in [0.25, 0.3) is 0 Å².